The molecule has 0 spiro atoms. The Morgan fingerprint density at radius 1 is 1.24 bits per heavy atom. The van der Waals surface area contributed by atoms with Gasteiger partial charge in [-0.15, -0.1) is 0 Å². The maximum atomic E-state index is 11.7. The zero-order chi connectivity index (χ0) is 13.6. The number of halogens is 3. The molecule has 1 N–H and O–H groups in total. The van der Waals surface area contributed by atoms with Crippen LogP contribution in [-0.4, -0.2) is 48.8 Å². The molecule has 0 radical (unpaired) electrons. The van der Waals surface area contributed by atoms with Gasteiger partial charge in [-0.1, -0.05) is 0 Å². The fraction of sp³-hybridized carbons (Fsp3) is 0.667. The van der Waals surface area contributed by atoms with E-state index in [1.165, 1.54) is 14.0 Å². The molecule has 0 heterocycles. The van der Waals surface area contributed by atoms with Crippen LogP contribution in [0.1, 0.15) is 13.3 Å². The smallest absolute Gasteiger partial charge is 0.345 e. The fourth-order valence-corrected chi connectivity index (χ4v) is 0.906. The molecule has 8 heteroatoms. The predicted octanol–water partition coefficient (Wildman–Crippen LogP) is 0.102. The average molecular weight is 254 g/mol. The number of alkyl halides is 3. The van der Waals surface area contributed by atoms with Gasteiger partial charge in [-0.05, 0) is 6.92 Å². The molecule has 5 nitrogen and oxygen atoms in total. The molecule has 2 amide bonds. The summed E-state index contributed by atoms with van der Waals surface area (Å²) in [4.78, 5) is 33.7. The van der Waals surface area contributed by atoms with Crippen LogP contribution in [0.2, 0.25) is 0 Å². The number of nitrogens with zero attached hydrogens (tertiary/aromatic N) is 1. The first kappa shape index (κ1) is 15.4. The molecule has 0 fully saturated rings. The number of ketones is 1. The van der Waals surface area contributed by atoms with Crippen LogP contribution in [0.4, 0.5) is 13.2 Å². The summed E-state index contributed by atoms with van der Waals surface area (Å²) in [7, 11) is 1.23. The van der Waals surface area contributed by atoms with Crippen molar-refractivity contribution < 1.29 is 27.6 Å². The Balaban J connectivity index is 4.04. The monoisotopic (exact) mass is 254 g/mol. The zero-order valence-electron chi connectivity index (χ0n) is 9.43. The quantitative estimate of drug-likeness (QED) is 0.708. The first-order valence-electron chi connectivity index (χ1n) is 4.68. The van der Waals surface area contributed by atoms with Crippen molar-refractivity contribution >= 4 is 17.6 Å². The molecule has 0 aliphatic heterocycles. The van der Waals surface area contributed by atoms with Crippen LogP contribution in [0.5, 0.6) is 0 Å². The second-order valence-electron chi connectivity index (χ2n) is 3.52. The standard InChI is InChI=1S/C9H13F3N2O3/c1-6(15)3-8(17)14(2)4-7(16)13-5-9(10,11)12/h3-5H2,1-2H3,(H,13,16). The van der Waals surface area contributed by atoms with Gasteiger partial charge in [0.15, 0.2) is 0 Å². The van der Waals surface area contributed by atoms with Crippen molar-refractivity contribution in [2.24, 2.45) is 0 Å². The summed E-state index contributed by atoms with van der Waals surface area (Å²) in [5.41, 5.74) is 0. The van der Waals surface area contributed by atoms with Crippen molar-refractivity contribution in [2.45, 2.75) is 19.5 Å². The van der Waals surface area contributed by atoms with Crippen LogP contribution < -0.4 is 5.32 Å². The van der Waals surface area contributed by atoms with Gasteiger partial charge in [0.05, 0.1) is 13.0 Å². The summed E-state index contributed by atoms with van der Waals surface area (Å²) >= 11 is 0. The fourth-order valence-electron chi connectivity index (χ4n) is 0.906. The highest BCUT2D eigenvalue weighted by molar-refractivity contribution is 5.97. The minimum atomic E-state index is -4.49. The highest BCUT2D eigenvalue weighted by Crippen LogP contribution is 2.11. The van der Waals surface area contributed by atoms with Crippen molar-refractivity contribution in [3.05, 3.63) is 0 Å². The molecule has 17 heavy (non-hydrogen) atoms. The maximum absolute atomic E-state index is 11.7. The first-order chi connectivity index (χ1) is 7.61. The average Bonchev–Trinajstić information content (AvgIpc) is 2.12. The summed E-state index contributed by atoms with van der Waals surface area (Å²) in [6.07, 6.45) is -4.86. The van der Waals surface area contributed by atoms with E-state index in [-0.39, 0.29) is 12.2 Å². The highest BCUT2D eigenvalue weighted by Gasteiger charge is 2.28. The van der Waals surface area contributed by atoms with Gasteiger partial charge in [0, 0.05) is 7.05 Å². The van der Waals surface area contributed by atoms with E-state index in [1.54, 1.807) is 5.32 Å². The lowest BCUT2D eigenvalue weighted by Crippen LogP contribution is -2.42. The lowest BCUT2D eigenvalue weighted by molar-refractivity contribution is -0.142. The van der Waals surface area contributed by atoms with E-state index in [2.05, 4.69) is 0 Å². The number of hydrogen-bond acceptors (Lipinski definition) is 3. The van der Waals surface area contributed by atoms with Gasteiger partial charge in [-0.2, -0.15) is 13.2 Å². The molecular weight excluding hydrogens is 241 g/mol. The summed E-state index contributed by atoms with van der Waals surface area (Å²) in [6, 6.07) is 0. The third-order valence-corrected chi connectivity index (χ3v) is 1.69. The van der Waals surface area contributed by atoms with Gasteiger partial charge in [0.2, 0.25) is 11.8 Å². The van der Waals surface area contributed by atoms with Crippen LogP contribution >= 0.6 is 0 Å². The van der Waals surface area contributed by atoms with Crippen molar-refractivity contribution in [1.82, 2.24) is 10.2 Å². The number of hydrogen-bond donors (Lipinski definition) is 1. The summed E-state index contributed by atoms with van der Waals surface area (Å²) in [5, 5.41) is 1.62. The molecule has 0 rings (SSSR count). The molecule has 0 aliphatic carbocycles. The van der Waals surface area contributed by atoms with Gasteiger partial charge in [-0.25, -0.2) is 0 Å². The van der Waals surface area contributed by atoms with E-state index >= 15 is 0 Å². The topological polar surface area (TPSA) is 66.5 Å². The Labute approximate surface area is 95.9 Å². The van der Waals surface area contributed by atoms with Crippen molar-refractivity contribution in [2.75, 3.05) is 20.1 Å². The zero-order valence-corrected chi connectivity index (χ0v) is 9.43. The molecule has 0 aliphatic rings. The van der Waals surface area contributed by atoms with Gasteiger partial charge < -0.3 is 10.2 Å². The molecule has 0 aromatic heterocycles. The molecule has 0 atom stereocenters. The Morgan fingerprint density at radius 2 is 1.76 bits per heavy atom. The van der Waals surface area contributed by atoms with Crippen molar-refractivity contribution in [1.29, 1.82) is 0 Å². The van der Waals surface area contributed by atoms with Gasteiger partial charge in [0.1, 0.15) is 12.3 Å². The summed E-state index contributed by atoms with van der Waals surface area (Å²) in [5.74, 6) is -1.92. The Bertz CT molecular complexity index is 315. The Hall–Kier alpha value is -1.60. The van der Waals surface area contributed by atoms with E-state index in [0.717, 1.165) is 4.90 Å². The molecule has 0 aromatic rings. The van der Waals surface area contributed by atoms with Crippen LogP contribution in [0, 0.1) is 0 Å². The third-order valence-electron chi connectivity index (χ3n) is 1.69. The molecule has 0 bridgehead atoms. The minimum absolute atomic E-state index is 0.372. The molecule has 98 valence electrons. The Morgan fingerprint density at radius 3 is 2.18 bits per heavy atom. The van der Waals surface area contributed by atoms with Crippen molar-refractivity contribution in [3.63, 3.8) is 0 Å². The van der Waals surface area contributed by atoms with Crippen molar-refractivity contribution in [3.8, 4) is 0 Å². The van der Waals surface area contributed by atoms with E-state index < -0.39 is 31.1 Å². The number of likely N-dealkylation sites (N-methyl/N-ethyl adjacent to an activating group) is 1. The van der Waals surface area contributed by atoms with E-state index in [4.69, 9.17) is 0 Å². The maximum Gasteiger partial charge on any atom is 0.405 e. The molecular formula is C9H13F3N2O3. The van der Waals surface area contributed by atoms with Crippen LogP contribution in [0.3, 0.4) is 0 Å². The number of Topliss-reactive ketones (excluding diaryl/α,β-unsaturated/α-hetero) is 1. The lowest BCUT2D eigenvalue weighted by Gasteiger charge is -2.16. The van der Waals surface area contributed by atoms with Gasteiger partial charge in [0.25, 0.3) is 0 Å². The molecule has 0 saturated carbocycles. The number of nitrogens with one attached hydrogen (secondary N) is 1. The number of amides is 2. The van der Waals surface area contributed by atoms with E-state index in [1.807, 2.05) is 0 Å². The van der Waals surface area contributed by atoms with E-state index in [0.29, 0.717) is 0 Å². The molecule has 0 saturated heterocycles. The second-order valence-corrected chi connectivity index (χ2v) is 3.52. The predicted molar refractivity (Wildman–Crippen MR) is 52.0 cm³/mol. The summed E-state index contributed by atoms with van der Waals surface area (Å²) in [6.45, 7) is -0.752. The molecule has 0 aromatic carbocycles. The Kier molecular flexibility index (Phi) is 5.63. The normalized spacial score (nSPS) is 10.9. The molecule has 0 unspecified atom stereocenters. The first-order valence-corrected chi connectivity index (χ1v) is 4.68. The minimum Gasteiger partial charge on any atom is -0.345 e. The van der Waals surface area contributed by atoms with Gasteiger partial charge in [-0.3, -0.25) is 14.4 Å². The van der Waals surface area contributed by atoms with Crippen LogP contribution in [0.15, 0.2) is 0 Å². The number of carbonyl (C=O) groups excluding carboxylic acids is 3. The van der Waals surface area contributed by atoms with Crippen LogP contribution in [-0.2, 0) is 14.4 Å². The third kappa shape index (κ3) is 8.23. The second kappa shape index (κ2) is 6.21. The number of rotatable bonds is 5. The largest absolute Gasteiger partial charge is 0.405 e. The summed E-state index contributed by atoms with van der Waals surface area (Å²) < 4.78 is 35.2. The lowest BCUT2D eigenvalue weighted by atomic mass is 10.3. The SMILES string of the molecule is CC(=O)CC(=O)N(C)CC(=O)NCC(F)(F)F. The van der Waals surface area contributed by atoms with Gasteiger partial charge >= 0.3 is 6.18 Å². The van der Waals surface area contributed by atoms with Crippen LogP contribution in [0.25, 0.3) is 0 Å². The van der Waals surface area contributed by atoms with E-state index in [9.17, 15) is 27.6 Å². The number of carbonyl (C=O) groups is 3. The highest BCUT2D eigenvalue weighted by atomic mass is 19.4.